The number of benzene rings is 1. The average molecular weight is 197 g/mol. The van der Waals surface area contributed by atoms with Crippen molar-refractivity contribution in [3.63, 3.8) is 0 Å². The summed E-state index contributed by atoms with van der Waals surface area (Å²) < 4.78 is 0. The van der Waals surface area contributed by atoms with Crippen LogP contribution in [0.1, 0.15) is 16.7 Å². The summed E-state index contributed by atoms with van der Waals surface area (Å²) in [6, 6.07) is 9.15. The van der Waals surface area contributed by atoms with Gasteiger partial charge < -0.3 is 4.90 Å². The van der Waals surface area contributed by atoms with Crippen molar-refractivity contribution in [2.75, 3.05) is 14.1 Å². The summed E-state index contributed by atoms with van der Waals surface area (Å²) in [7, 11) is 3.80. The lowest BCUT2D eigenvalue weighted by atomic mass is 10.1. The van der Waals surface area contributed by atoms with Crippen LogP contribution in [0.15, 0.2) is 24.4 Å². The second kappa shape index (κ2) is 4.83. The quantitative estimate of drug-likeness (QED) is 0.728. The van der Waals surface area contributed by atoms with Crippen molar-refractivity contribution in [1.82, 2.24) is 4.90 Å². The first-order valence-electron chi connectivity index (χ1n) is 4.46. The zero-order chi connectivity index (χ0) is 11.3. The SMILES string of the molecule is CN(C)C=Cc1cc(C#N)ccc1C#N. The van der Waals surface area contributed by atoms with Crippen molar-refractivity contribution in [3.05, 3.63) is 41.1 Å². The van der Waals surface area contributed by atoms with Crippen LogP contribution < -0.4 is 0 Å². The summed E-state index contributed by atoms with van der Waals surface area (Å²) in [6.07, 6.45) is 3.66. The largest absolute Gasteiger partial charge is 0.383 e. The highest BCUT2D eigenvalue weighted by Crippen LogP contribution is 2.12. The van der Waals surface area contributed by atoms with E-state index < -0.39 is 0 Å². The molecule has 0 saturated carbocycles. The van der Waals surface area contributed by atoms with Crippen molar-refractivity contribution in [3.8, 4) is 12.1 Å². The highest BCUT2D eigenvalue weighted by Gasteiger charge is 1.99. The van der Waals surface area contributed by atoms with Crippen LogP contribution in [0.5, 0.6) is 0 Å². The normalized spacial score (nSPS) is 9.60. The molecule has 0 fully saturated rings. The van der Waals surface area contributed by atoms with E-state index in [0.717, 1.165) is 5.56 Å². The Morgan fingerprint density at radius 1 is 1.20 bits per heavy atom. The predicted molar refractivity (Wildman–Crippen MR) is 58.6 cm³/mol. The van der Waals surface area contributed by atoms with Gasteiger partial charge in [0.2, 0.25) is 0 Å². The topological polar surface area (TPSA) is 50.8 Å². The first kappa shape index (κ1) is 10.8. The Morgan fingerprint density at radius 3 is 2.47 bits per heavy atom. The van der Waals surface area contributed by atoms with Gasteiger partial charge in [-0.15, -0.1) is 0 Å². The predicted octanol–water partition coefficient (Wildman–Crippen LogP) is 1.96. The van der Waals surface area contributed by atoms with Crippen LogP contribution in [-0.2, 0) is 0 Å². The van der Waals surface area contributed by atoms with E-state index >= 15 is 0 Å². The summed E-state index contributed by atoms with van der Waals surface area (Å²) in [4.78, 5) is 1.88. The Hall–Kier alpha value is -2.26. The number of hydrogen-bond acceptors (Lipinski definition) is 3. The van der Waals surface area contributed by atoms with Crippen molar-refractivity contribution in [1.29, 1.82) is 10.5 Å². The van der Waals surface area contributed by atoms with Gasteiger partial charge in [-0.1, -0.05) is 0 Å². The third kappa shape index (κ3) is 2.86. The van der Waals surface area contributed by atoms with E-state index in [4.69, 9.17) is 10.5 Å². The number of nitrogens with zero attached hydrogens (tertiary/aromatic N) is 3. The zero-order valence-electron chi connectivity index (χ0n) is 8.73. The van der Waals surface area contributed by atoms with Gasteiger partial charge in [-0.3, -0.25) is 0 Å². The van der Waals surface area contributed by atoms with Crippen LogP contribution in [-0.4, -0.2) is 19.0 Å². The molecular weight excluding hydrogens is 186 g/mol. The molecule has 1 aromatic carbocycles. The Morgan fingerprint density at radius 2 is 1.93 bits per heavy atom. The summed E-state index contributed by atoms with van der Waals surface area (Å²) in [5.41, 5.74) is 1.91. The first-order chi connectivity index (χ1) is 7.17. The fourth-order valence-electron chi connectivity index (χ4n) is 1.10. The monoisotopic (exact) mass is 197 g/mol. The standard InChI is InChI=1S/C12H11N3/c1-15(2)6-5-11-7-10(8-13)3-4-12(11)9-14/h3-7H,1-2H3. The number of nitriles is 2. The third-order valence-corrected chi connectivity index (χ3v) is 1.85. The van der Waals surface area contributed by atoms with E-state index in [9.17, 15) is 0 Å². The van der Waals surface area contributed by atoms with E-state index in [1.54, 1.807) is 18.2 Å². The van der Waals surface area contributed by atoms with E-state index in [2.05, 4.69) is 6.07 Å². The fraction of sp³-hybridized carbons (Fsp3) is 0.167. The fourth-order valence-corrected chi connectivity index (χ4v) is 1.10. The molecule has 0 amide bonds. The van der Waals surface area contributed by atoms with E-state index in [0.29, 0.717) is 11.1 Å². The molecule has 3 heteroatoms. The summed E-state index contributed by atoms with van der Waals surface area (Å²) >= 11 is 0. The second-order valence-electron chi connectivity index (χ2n) is 3.30. The molecule has 1 aromatic rings. The Kier molecular flexibility index (Phi) is 3.49. The van der Waals surface area contributed by atoms with Gasteiger partial charge in [-0.25, -0.2) is 0 Å². The van der Waals surface area contributed by atoms with Crippen molar-refractivity contribution < 1.29 is 0 Å². The summed E-state index contributed by atoms with van der Waals surface area (Å²) in [5.74, 6) is 0. The van der Waals surface area contributed by atoms with Crippen molar-refractivity contribution >= 4 is 6.08 Å². The summed E-state index contributed by atoms with van der Waals surface area (Å²) in [6.45, 7) is 0. The van der Waals surface area contributed by atoms with Gasteiger partial charge in [-0.2, -0.15) is 10.5 Å². The van der Waals surface area contributed by atoms with Crippen LogP contribution in [0.3, 0.4) is 0 Å². The summed E-state index contributed by atoms with van der Waals surface area (Å²) in [5, 5.41) is 17.6. The molecule has 0 bridgehead atoms. The molecule has 15 heavy (non-hydrogen) atoms. The van der Waals surface area contributed by atoms with Crippen LogP contribution >= 0.6 is 0 Å². The van der Waals surface area contributed by atoms with Crippen LogP contribution in [0.2, 0.25) is 0 Å². The molecule has 0 N–H and O–H groups in total. The number of rotatable bonds is 2. The molecule has 0 heterocycles. The number of hydrogen-bond donors (Lipinski definition) is 0. The van der Waals surface area contributed by atoms with Gasteiger partial charge in [0.1, 0.15) is 0 Å². The molecule has 3 nitrogen and oxygen atoms in total. The molecule has 0 aliphatic carbocycles. The van der Waals surface area contributed by atoms with Crippen molar-refractivity contribution in [2.45, 2.75) is 0 Å². The third-order valence-electron chi connectivity index (χ3n) is 1.85. The Bertz CT molecular complexity index is 459. The maximum absolute atomic E-state index is 8.87. The highest BCUT2D eigenvalue weighted by atomic mass is 15.0. The molecule has 0 radical (unpaired) electrons. The van der Waals surface area contributed by atoms with Gasteiger partial charge in [0.25, 0.3) is 0 Å². The van der Waals surface area contributed by atoms with Crippen molar-refractivity contribution in [2.24, 2.45) is 0 Å². The minimum Gasteiger partial charge on any atom is -0.383 e. The van der Waals surface area contributed by atoms with E-state index in [-0.39, 0.29) is 0 Å². The lowest BCUT2D eigenvalue weighted by Gasteiger charge is -2.04. The van der Waals surface area contributed by atoms with Gasteiger partial charge in [0.15, 0.2) is 0 Å². The minimum atomic E-state index is 0.562. The van der Waals surface area contributed by atoms with E-state index in [1.807, 2.05) is 37.3 Å². The molecule has 0 saturated heterocycles. The Balaban J connectivity index is 3.15. The minimum absolute atomic E-state index is 0.562. The van der Waals surface area contributed by atoms with Gasteiger partial charge in [0, 0.05) is 14.1 Å². The highest BCUT2D eigenvalue weighted by molar-refractivity contribution is 5.60. The molecule has 0 aromatic heterocycles. The molecular formula is C12H11N3. The first-order valence-corrected chi connectivity index (χ1v) is 4.46. The average Bonchev–Trinajstić information content (AvgIpc) is 2.25. The maximum Gasteiger partial charge on any atom is 0.0997 e. The Labute approximate surface area is 89.5 Å². The second-order valence-corrected chi connectivity index (χ2v) is 3.30. The lowest BCUT2D eigenvalue weighted by Crippen LogP contribution is -1.99. The lowest BCUT2D eigenvalue weighted by molar-refractivity contribution is 0.567. The molecule has 0 spiro atoms. The van der Waals surface area contributed by atoms with Crippen LogP contribution in [0.4, 0.5) is 0 Å². The van der Waals surface area contributed by atoms with E-state index in [1.165, 1.54) is 0 Å². The molecule has 0 atom stereocenters. The van der Waals surface area contributed by atoms with Gasteiger partial charge >= 0.3 is 0 Å². The molecule has 0 unspecified atom stereocenters. The van der Waals surface area contributed by atoms with Crippen LogP contribution in [0.25, 0.3) is 6.08 Å². The van der Waals surface area contributed by atoms with Crippen LogP contribution in [0, 0.1) is 22.7 Å². The molecule has 74 valence electrons. The molecule has 0 aliphatic heterocycles. The van der Waals surface area contributed by atoms with Gasteiger partial charge in [0.05, 0.1) is 23.3 Å². The molecule has 0 aliphatic rings. The maximum atomic E-state index is 8.87. The molecule has 1 rings (SSSR count). The zero-order valence-corrected chi connectivity index (χ0v) is 8.73. The van der Waals surface area contributed by atoms with Gasteiger partial charge in [-0.05, 0) is 36.0 Å². The smallest absolute Gasteiger partial charge is 0.0997 e.